The van der Waals surface area contributed by atoms with E-state index in [1.165, 1.54) is 57.8 Å². The molecule has 1 saturated heterocycles. The first-order valence-electron chi connectivity index (χ1n) is 8.73. The van der Waals surface area contributed by atoms with Crippen LogP contribution in [-0.2, 0) is 4.79 Å². The van der Waals surface area contributed by atoms with Crippen molar-refractivity contribution in [3.05, 3.63) is 0 Å². The first-order chi connectivity index (χ1) is 9.69. The highest BCUT2D eigenvalue weighted by Crippen LogP contribution is 2.12. The van der Waals surface area contributed by atoms with Gasteiger partial charge in [-0.3, -0.25) is 4.79 Å². The van der Waals surface area contributed by atoms with E-state index in [0.717, 1.165) is 13.1 Å². The molecule has 0 radical (unpaired) electrons. The van der Waals surface area contributed by atoms with Crippen LogP contribution in [0.25, 0.3) is 0 Å². The van der Waals surface area contributed by atoms with Crippen LogP contribution in [0.15, 0.2) is 0 Å². The van der Waals surface area contributed by atoms with Gasteiger partial charge in [-0.25, -0.2) is 0 Å². The molecule has 118 valence electrons. The van der Waals surface area contributed by atoms with Gasteiger partial charge in [0.15, 0.2) is 0 Å². The molecule has 3 nitrogen and oxygen atoms in total. The number of carbonyl (C=O) groups excluding carboxylic acids is 1. The topological polar surface area (TPSA) is 32.3 Å². The Morgan fingerprint density at radius 3 is 2.25 bits per heavy atom. The van der Waals surface area contributed by atoms with Crippen LogP contribution in [0, 0.1) is 0 Å². The molecule has 0 aliphatic carbocycles. The number of hydrogen-bond acceptors (Lipinski definition) is 2. The third-order valence-corrected chi connectivity index (χ3v) is 4.32. The molecule has 1 rings (SSSR count). The zero-order valence-corrected chi connectivity index (χ0v) is 13.8. The highest BCUT2D eigenvalue weighted by molar-refractivity contribution is 5.81. The minimum Gasteiger partial charge on any atom is -0.341 e. The maximum absolute atomic E-state index is 12.5. The summed E-state index contributed by atoms with van der Waals surface area (Å²) >= 11 is 0. The average Bonchev–Trinajstić information content (AvgIpc) is 2.73. The molecule has 2 unspecified atom stereocenters. The van der Waals surface area contributed by atoms with E-state index in [1.807, 2.05) is 6.92 Å². The van der Waals surface area contributed by atoms with Crippen molar-refractivity contribution in [1.82, 2.24) is 10.2 Å². The fourth-order valence-electron chi connectivity index (χ4n) is 3.10. The molecule has 0 spiro atoms. The van der Waals surface area contributed by atoms with Crippen LogP contribution in [-0.4, -0.2) is 36.0 Å². The predicted molar refractivity (Wildman–Crippen MR) is 85.9 cm³/mol. The van der Waals surface area contributed by atoms with Crippen LogP contribution in [0.4, 0.5) is 0 Å². The van der Waals surface area contributed by atoms with Crippen LogP contribution in [0.1, 0.15) is 78.6 Å². The van der Waals surface area contributed by atoms with Gasteiger partial charge < -0.3 is 10.2 Å². The molecule has 1 N–H and O–H groups in total. The van der Waals surface area contributed by atoms with Gasteiger partial charge >= 0.3 is 0 Å². The lowest BCUT2D eigenvalue weighted by atomic mass is 10.0. The van der Waals surface area contributed by atoms with Crippen LogP contribution in [0.3, 0.4) is 0 Å². The van der Waals surface area contributed by atoms with Crippen LogP contribution < -0.4 is 5.32 Å². The number of amides is 1. The average molecular weight is 282 g/mol. The second-order valence-corrected chi connectivity index (χ2v) is 6.26. The summed E-state index contributed by atoms with van der Waals surface area (Å²) in [5, 5.41) is 3.58. The molecule has 3 heteroatoms. The smallest absolute Gasteiger partial charge is 0.239 e. The van der Waals surface area contributed by atoms with E-state index in [2.05, 4.69) is 24.1 Å². The molecule has 1 aliphatic heterocycles. The second kappa shape index (κ2) is 10.2. The highest BCUT2D eigenvalue weighted by atomic mass is 16.2. The van der Waals surface area contributed by atoms with E-state index >= 15 is 0 Å². The number of unbranched alkanes of at least 4 members (excludes halogenated alkanes) is 1. The molecule has 0 aromatic heterocycles. The lowest BCUT2D eigenvalue weighted by Gasteiger charge is -2.28. The molecule has 2 atom stereocenters. The molecule has 1 fully saturated rings. The molecule has 1 heterocycles. The summed E-state index contributed by atoms with van der Waals surface area (Å²) in [6.07, 6.45) is 10.9. The maximum Gasteiger partial charge on any atom is 0.239 e. The monoisotopic (exact) mass is 282 g/mol. The lowest BCUT2D eigenvalue weighted by molar-refractivity contribution is -0.133. The van der Waals surface area contributed by atoms with Crippen LogP contribution in [0.2, 0.25) is 0 Å². The summed E-state index contributed by atoms with van der Waals surface area (Å²) in [6.45, 7) is 8.41. The summed E-state index contributed by atoms with van der Waals surface area (Å²) < 4.78 is 0. The van der Waals surface area contributed by atoms with Crippen LogP contribution >= 0.6 is 0 Å². The van der Waals surface area contributed by atoms with Gasteiger partial charge in [-0.2, -0.15) is 0 Å². The van der Waals surface area contributed by atoms with Crippen molar-refractivity contribution in [2.24, 2.45) is 0 Å². The fraction of sp³-hybridized carbons (Fsp3) is 0.941. The van der Waals surface area contributed by atoms with Gasteiger partial charge in [-0.15, -0.1) is 0 Å². The Bertz CT molecular complexity index is 260. The first-order valence-corrected chi connectivity index (χ1v) is 8.73. The Balaban J connectivity index is 2.44. The van der Waals surface area contributed by atoms with Crippen molar-refractivity contribution < 1.29 is 4.79 Å². The first kappa shape index (κ1) is 17.5. The molecular formula is C17H34N2O. The van der Waals surface area contributed by atoms with Gasteiger partial charge in [0, 0.05) is 19.1 Å². The Kier molecular flexibility index (Phi) is 8.92. The summed E-state index contributed by atoms with van der Waals surface area (Å²) in [7, 11) is 0. The summed E-state index contributed by atoms with van der Waals surface area (Å²) in [5.41, 5.74) is 0. The van der Waals surface area contributed by atoms with Crippen molar-refractivity contribution in [2.75, 3.05) is 13.1 Å². The van der Waals surface area contributed by atoms with E-state index in [4.69, 9.17) is 0 Å². The second-order valence-electron chi connectivity index (χ2n) is 6.26. The number of rotatable bonds is 8. The minimum absolute atomic E-state index is 0.0264. The van der Waals surface area contributed by atoms with Gasteiger partial charge in [0.05, 0.1) is 6.04 Å². The number of carbonyl (C=O) groups is 1. The Hall–Kier alpha value is -0.570. The summed E-state index contributed by atoms with van der Waals surface area (Å²) in [6, 6.07) is 0.479. The number of likely N-dealkylation sites (tertiary alicyclic amines) is 1. The SMILES string of the molecule is CCCCC(CCC)NC(C)C(=O)N1CCCCCC1. The van der Waals surface area contributed by atoms with E-state index < -0.39 is 0 Å². The van der Waals surface area contributed by atoms with Gasteiger partial charge in [0.25, 0.3) is 0 Å². The Morgan fingerprint density at radius 2 is 1.70 bits per heavy atom. The van der Waals surface area contributed by atoms with Crippen LogP contribution in [0.5, 0.6) is 0 Å². The minimum atomic E-state index is -0.0264. The van der Waals surface area contributed by atoms with E-state index in [-0.39, 0.29) is 6.04 Å². The molecule has 0 saturated carbocycles. The van der Waals surface area contributed by atoms with Crippen molar-refractivity contribution in [1.29, 1.82) is 0 Å². The maximum atomic E-state index is 12.5. The molecule has 20 heavy (non-hydrogen) atoms. The molecule has 0 aromatic carbocycles. The van der Waals surface area contributed by atoms with E-state index in [0.29, 0.717) is 11.9 Å². The Labute approximate surface area is 125 Å². The van der Waals surface area contributed by atoms with Crippen molar-refractivity contribution in [3.63, 3.8) is 0 Å². The highest BCUT2D eigenvalue weighted by Gasteiger charge is 2.23. The predicted octanol–water partition coefficient (Wildman–Crippen LogP) is 3.73. The molecule has 0 bridgehead atoms. The van der Waals surface area contributed by atoms with Gasteiger partial charge in [-0.05, 0) is 32.6 Å². The van der Waals surface area contributed by atoms with E-state index in [1.54, 1.807) is 0 Å². The fourth-order valence-corrected chi connectivity index (χ4v) is 3.10. The number of nitrogens with zero attached hydrogens (tertiary/aromatic N) is 1. The molecule has 0 aromatic rings. The van der Waals surface area contributed by atoms with Crippen molar-refractivity contribution in [2.45, 2.75) is 90.6 Å². The van der Waals surface area contributed by atoms with Crippen molar-refractivity contribution in [3.8, 4) is 0 Å². The third-order valence-electron chi connectivity index (χ3n) is 4.32. The Morgan fingerprint density at radius 1 is 1.05 bits per heavy atom. The zero-order chi connectivity index (χ0) is 14.8. The summed E-state index contributed by atoms with van der Waals surface area (Å²) in [4.78, 5) is 14.6. The zero-order valence-electron chi connectivity index (χ0n) is 13.8. The normalized spacial score (nSPS) is 19.4. The summed E-state index contributed by atoms with van der Waals surface area (Å²) in [5.74, 6) is 0.310. The van der Waals surface area contributed by atoms with Gasteiger partial charge in [0.1, 0.15) is 0 Å². The molecular weight excluding hydrogens is 248 g/mol. The van der Waals surface area contributed by atoms with Crippen molar-refractivity contribution >= 4 is 5.91 Å². The van der Waals surface area contributed by atoms with Gasteiger partial charge in [0.2, 0.25) is 5.91 Å². The number of hydrogen-bond donors (Lipinski definition) is 1. The molecule has 1 amide bonds. The lowest BCUT2D eigenvalue weighted by Crippen LogP contribution is -2.48. The molecule has 1 aliphatic rings. The van der Waals surface area contributed by atoms with Gasteiger partial charge in [-0.1, -0.05) is 46.0 Å². The standard InChI is InChI=1S/C17H34N2O/c1-4-6-12-16(11-5-2)18-15(3)17(20)19-13-9-7-8-10-14-19/h15-16,18H,4-14H2,1-3H3. The third kappa shape index (κ3) is 6.25. The quantitative estimate of drug-likeness (QED) is 0.736. The largest absolute Gasteiger partial charge is 0.341 e. The van der Waals surface area contributed by atoms with E-state index in [9.17, 15) is 4.79 Å². The number of nitrogens with one attached hydrogen (secondary N) is 1.